The Labute approximate surface area is 157 Å². The first-order chi connectivity index (χ1) is 12.7. The van der Waals surface area contributed by atoms with Gasteiger partial charge in [0.05, 0.1) is 5.92 Å². The molecule has 0 spiro atoms. The summed E-state index contributed by atoms with van der Waals surface area (Å²) in [5.41, 5.74) is 1.37. The number of carbonyl (C=O) groups is 1. The van der Waals surface area contributed by atoms with Gasteiger partial charge in [0.15, 0.2) is 0 Å². The number of ether oxygens (including phenoxy) is 1. The third-order valence-corrected chi connectivity index (χ3v) is 6.78. The standard InChI is InChI=1S/C22H32N2O2/c1-23(13-9-17-10-14-26-15-11-17)22(25)19-16-21(18-6-3-2-4-7-18)24-12-5-8-20(19)24/h2-4,6-7,17,19-21H,5,8-16H2,1H3/t19-,20+,21-/m1/s1. The van der Waals surface area contributed by atoms with Crippen LogP contribution in [0.15, 0.2) is 30.3 Å². The summed E-state index contributed by atoms with van der Waals surface area (Å²) in [6.07, 6.45) is 6.80. The van der Waals surface area contributed by atoms with Crippen LogP contribution >= 0.6 is 0 Å². The van der Waals surface area contributed by atoms with Crippen molar-refractivity contribution in [1.29, 1.82) is 0 Å². The summed E-state index contributed by atoms with van der Waals surface area (Å²) in [4.78, 5) is 17.8. The molecule has 3 fully saturated rings. The van der Waals surface area contributed by atoms with E-state index in [4.69, 9.17) is 4.74 Å². The molecule has 26 heavy (non-hydrogen) atoms. The van der Waals surface area contributed by atoms with Crippen LogP contribution in [0.5, 0.6) is 0 Å². The number of amides is 1. The number of nitrogens with zero attached hydrogens (tertiary/aromatic N) is 2. The summed E-state index contributed by atoms with van der Waals surface area (Å²) in [5.74, 6) is 1.26. The summed E-state index contributed by atoms with van der Waals surface area (Å²) in [7, 11) is 2.01. The molecule has 0 radical (unpaired) electrons. The van der Waals surface area contributed by atoms with E-state index in [1.807, 2.05) is 11.9 Å². The van der Waals surface area contributed by atoms with Gasteiger partial charge in [0, 0.05) is 38.9 Å². The first-order valence-electron chi connectivity index (χ1n) is 10.4. The Balaban J connectivity index is 1.39. The van der Waals surface area contributed by atoms with Gasteiger partial charge in [0.2, 0.25) is 5.91 Å². The first-order valence-corrected chi connectivity index (χ1v) is 10.4. The predicted molar refractivity (Wildman–Crippen MR) is 103 cm³/mol. The van der Waals surface area contributed by atoms with E-state index in [0.717, 1.165) is 57.9 Å². The molecule has 142 valence electrons. The highest BCUT2D eigenvalue weighted by Gasteiger charge is 2.47. The molecule has 1 aromatic rings. The van der Waals surface area contributed by atoms with Gasteiger partial charge in [-0.2, -0.15) is 0 Å². The van der Waals surface area contributed by atoms with Gasteiger partial charge in [-0.3, -0.25) is 9.69 Å². The summed E-state index contributed by atoms with van der Waals surface area (Å²) in [6, 6.07) is 11.6. The van der Waals surface area contributed by atoms with Crippen LogP contribution < -0.4 is 0 Å². The van der Waals surface area contributed by atoms with Crippen LogP contribution in [0.4, 0.5) is 0 Å². The highest BCUT2D eigenvalue weighted by Crippen LogP contribution is 2.45. The summed E-state index contributed by atoms with van der Waals surface area (Å²) < 4.78 is 5.45. The van der Waals surface area contributed by atoms with Gasteiger partial charge in [0.25, 0.3) is 0 Å². The van der Waals surface area contributed by atoms with E-state index in [9.17, 15) is 4.79 Å². The van der Waals surface area contributed by atoms with Crippen molar-refractivity contribution in [3.8, 4) is 0 Å². The number of rotatable bonds is 5. The molecule has 0 saturated carbocycles. The Hall–Kier alpha value is -1.39. The van der Waals surface area contributed by atoms with Crippen LogP contribution in [0.2, 0.25) is 0 Å². The monoisotopic (exact) mass is 356 g/mol. The molecule has 4 heteroatoms. The van der Waals surface area contributed by atoms with E-state index in [0.29, 0.717) is 18.0 Å². The maximum Gasteiger partial charge on any atom is 0.227 e. The summed E-state index contributed by atoms with van der Waals surface area (Å²) in [6.45, 7) is 3.81. The molecule has 4 rings (SSSR count). The van der Waals surface area contributed by atoms with Crippen LogP contribution in [0.3, 0.4) is 0 Å². The van der Waals surface area contributed by atoms with Crippen molar-refractivity contribution in [2.75, 3.05) is 33.4 Å². The van der Waals surface area contributed by atoms with E-state index in [1.54, 1.807) is 0 Å². The number of carbonyl (C=O) groups excluding carboxylic acids is 1. The van der Waals surface area contributed by atoms with Gasteiger partial charge in [-0.05, 0) is 56.6 Å². The van der Waals surface area contributed by atoms with E-state index in [-0.39, 0.29) is 5.92 Å². The quantitative estimate of drug-likeness (QED) is 0.810. The largest absolute Gasteiger partial charge is 0.381 e. The molecule has 3 aliphatic rings. The fraction of sp³-hybridized carbons (Fsp3) is 0.682. The third-order valence-electron chi connectivity index (χ3n) is 6.78. The summed E-state index contributed by atoms with van der Waals surface area (Å²) in [5, 5.41) is 0. The molecule has 3 saturated heterocycles. The lowest BCUT2D eigenvalue weighted by Crippen LogP contribution is -2.39. The average Bonchev–Trinajstić information content (AvgIpc) is 3.30. The van der Waals surface area contributed by atoms with Crippen LogP contribution in [-0.4, -0.2) is 55.1 Å². The van der Waals surface area contributed by atoms with Gasteiger partial charge in [-0.15, -0.1) is 0 Å². The number of fused-ring (bicyclic) bond motifs is 1. The van der Waals surface area contributed by atoms with Crippen LogP contribution in [-0.2, 0) is 9.53 Å². The fourth-order valence-corrected chi connectivity index (χ4v) is 5.24. The Morgan fingerprint density at radius 3 is 2.73 bits per heavy atom. The molecule has 3 aliphatic heterocycles. The minimum Gasteiger partial charge on any atom is -0.381 e. The van der Waals surface area contributed by atoms with Crippen molar-refractivity contribution >= 4 is 5.91 Å². The molecule has 0 N–H and O–H groups in total. The molecule has 0 bridgehead atoms. The van der Waals surface area contributed by atoms with E-state index in [2.05, 4.69) is 35.2 Å². The zero-order valence-corrected chi connectivity index (χ0v) is 16.0. The molecule has 3 atom stereocenters. The number of hydrogen-bond acceptors (Lipinski definition) is 3. The van der Waals surface area contributed by atoms with Gasteiger partial charge >= 0.3 is 0 Å². The zero-order chi connectivity index (χ0) is 17.9. The Morgan fingerprint density at radius 2 is 1.96 bits per heavy atom. The van der Waals surface area contributed by atoms with E-state index in [1.165, 1.54) is 18.4 Å². The molecule has 4 nitrogen and oxygen atoms in total. The lowest BCUT2D eigenvalue weighted by atomic mass is 9.92. The second-order valence-electron chi connectivity index (χ2n) is 8.32. The van der Waals surface area contributed by atoms with Crippen molar-refractivity contribution in [2.45, 2.75) is 50.6 Å². The summed E-state index contributed by atoms with van der Waals surface area (Å²) >= 11 is 0. The molecule has 0 aromatic heterocycles. The minimum absolute atomic E-state index is 0.169. The van der Waals surface area contributed by atoms with Crippen LogP contribution in [0.25, 0.3) is 0 Å². The fourth-order valence-electron chi connectivity index (χ4n) is 5.24. The Kier molecular flexibility index (Phi) is 5.60. The molecule has 1 aromatic carbocycles. The Morgan fingerprint density at radius 1 is 1.19 bits per heavy atom. The van der Waals surface area contributed by atoms with E-state index < -0.39 is 0 Å². The van der Waals surface area contributed by atoms with Crippen molar-refractivity contribution in [2.24, 2.45) is 11.8 Å². The normalized spacial score (nSPS) is 29.7. The Bertz CT molecular complexity index is 599. The van der Waals surface area contributed by atoms with Gasteiger partial charge in [-0.1, -0.05) is 30.3 Å². The SMILES string of the molecule is CN(CCC1CCOCC1)C(=O)[C@@H]1C[C@H](c2ccccc2)N2CCC[C@@H]12. The van der Waals surface area contributed by atoms with Crippen molar-refractivity contribution in [3.63, 3.8) is 0 Å². The number of hydrogen-bond donors (Lipinski definition) is 0. The third kappa shape index (κ3) is 3.67. The smallest absolute Gasteiger partial charge is 0.227 e. The van der Waals surface area contributed by atoms with Gasteiger partial charge < -0.3 is 9.64 Å². The van der Waals surface area contributed by atoms with E-state index >= 15 is 0 Å². The minimum atomic E-state index is 0.169. The number of benzene rings is 1. The highest BCUT2D eigenvalue weighted by molar-refractivity contribution is 5.80. The molecule has 1 amide bonds. The maximum absolute atomic E-state index is 13.2. The van der Waals surface area contributed by atoms with Gasteiger partial charge in [0.1, 0.15) is 0 Å². The average molecular weight is 357 g/mol. The van der Waals surface area contributed by atoms with Crippen molar-refractivity contribution < 1.29 is 9.53 Å². The molecule has 3 heterocycles. The van der Waals surface area contributed by atoms with Crippen molar-refractivity contribution in [3.05, 3.63) is 35.9 Å². The van der Waals surface area contributed by atoms with Crippen LogP contribution in [0, 0.1) is 11.8 Å². The predicted octanol–water partition coefficient (Wildman–Crippen LogP) is 3.49. The van der Waals surface area contributed by atoms with Gasteiger partial charge in [-0.25, -0.2) is 0 Å². The zero-order valence-electron chi connectivity index (χ0n) is 16.0. The lowest BCUT2D eigenvalue weighted by molar-refractivity contribution is -0.135. The lowest BCUT2D eigenvalue weighted by Gasteiger charge is -2.28. The molecular formula is C22H32N2O2. The first kappa shape index (κ1) is 18.0. The molecular weight excluding hydrogens is 324 g/mol. The highest BCUT2D eigenvalue weighted by atomic mass is 16.5. The van der Waals surface area contributed by atoms with Crippen LogP contribution in [0.1, 0.15) is 50.1 Å². The molecule has 0 unspecified atom stereocenters. The maximum atomic E-state index is 13.2. The second-order valence-corrected chi connectivity index (χ2v) is 8.32. The topological polar surface area (TPSA) is 32.8 Å². The molecule has 0 aliphatic carbocycles. The van der Waals surface area contributed by atoms with Crippen molar-refractivity contribution in [1.82, 2.24) is 9.80 Å². The second kappa shape index (κ2) is 8.10.